The number of likely N-dealkylation sites (N-methyl/N-ethyl adjacent to an activating group) is 1. The number of carbonyl (C=O) groups excluding carboxylic acids is 1. The highest BCUT2D eigenvalue weighted by Gasteiger charge is 2.20. The average molecular weight is 244 g/mol. The number of urea groups is 1. The number of likely N-dealkylation sites (tertiary alicyclic amines) is 1. The van der Waals surface area contributed by atoms with Gasteiger partial charge in [0, 0.05) is 18.3 Å². The van der Waals surface area contributed by atoms with Gasteiger partial charge in [0.05, 0.1) is 11.6 Å². The largest absolute Gasteiger partial charge is 0.334 e. The van der Waals surface area contributed by atoms with Crippen molar-refractivity contribution in [3.63, 3.8) is 0 Å². The number of benzene rings is 1. The fourth-order valence-electron chi connectivity index (χ4n) is 2.03. The molecule has 2 rings (SSSR count). The van der Waals surface area contributed by atoms with Crippen LogP contribution in [0.2, 0.25) is 0 Å². The smallest absolute Gasteiger partial charge is 0.319 e. The zero-order chi connectivity index (χ0) is 13.0. The van der Waals surface area contributed by atoms with E-state index in [4.69, 9.17) is 5.26 Å². The monoisotopic (exact) mass is 244 g/mol. The molecule has 0 aliphatic carbocycles. The van der Waals surface area contributed by atoms with Crippen molar-refractivity contribution < 1.29 is 4.79 Å². The fourth-order valence-corrected chi connectivity index (χ4v) is 2.03. The number of anilines is 1. The predicted molar refractivity (Wildman–Crippen MR) is 69.2 cm³/mol. The second-order valence-electron chi connectivity index (χ2n) is 4.54. The van der Waals surface area contributed by atoms with Gasteiger partial charge in [-0.1, -0.05) is 0 Å². The molecule has 1 fully saturated rings. The molecule has 2 N–H and O–H groups in total. The van der Waals surface area contributed by atoms with Gasteiger partial charge in [-0.2, -0.15) is 5.26 Å². The first-order valence-corrected chi connectivity index (χ1v) is 5.93. The van der Waals surface area contributed by atoms with E-state index >= 15 is 0 Å². The number of nitriles is 1. The van der Waals surface area contributed by atoms with Crippen molar-refractivity contribution in [3.05, 3.63) is 29.8 Å². The normalized spacial score (nSPS) is 19.2. The van der Waals surface area contributed by atoms with Crippen LogP contribution >= 0.6 is 0 Å². The van der Waals surface area contributed by atoms with Crippen LogP contribution in [0.4, 0.5) is 10.5 Å². The highest BCUT2D eigenvalue weighted by molar-refractivity contribution is 5.89. The van der Waals surface area contributed by atoms with Gasteiger partial charge in [-0.3, -0.25) is 0 Å². The van der Waals surface area contributed by atoms with Crippen molar-refractivity contribution in [1.29, 1.82) is 5.26 Å². The summed E-state index contributed by atoms with van der Waals surface area (Å²) in [7, 11) is 2.04. The predicted octanol–water partition coefficient (Wildman–Crippen LogP) is 1.38. The van der Waals surface area contributed by atoms with E-state index in [1.807, 2.05) is 13.1 Å². The average Bonchev–Trinajstić information content (AvgIpc) is 2.75. The number of hydrogen-bond acceptors (Lipinski definition) is 3. The molecule has 5 heteroatoms. The lowest BCUT2D eigenvalue weighted by atomic mass is 10.2. The Bertz CT molecular complexity index is 463. The number of rotatable bonds is 2. The molecule has 18 heavy (non-hydrogen) atoms. The van der Waals surface area contributed by atoms with Gasteiger partial charge in [0.25, 0.3) is 0 Å². The molecule has 1 unspecified atom stereocenters. The maximum absolute atomic E-state index is 11.7. The van der Waals surface area contributed by atoms with E-state index < -0.39 is 0 Å². The first-order chi connectivity index (χ1) is 8.67. The van der Waals surface area contributed by atoms with Gasteiger partial charge >= 0.3 is 6.03 Å². The summed E-state index contributed by atoms with van der Waals surface area (Å²) in [5, 5.41) is 14.4. The summed E-state index contributed by atoms with van der Waals surface area (Å²) in [4.78, 5) is 13.9. The zero-order valence-electron chi connectivity index (χ0n) is 10.3. The lowest BCUT2D eigenvalue weighted by molar-refractivity contribution is 0.248. The van der Waals surface area contributed by atoms with E-state index in [1.54, 1.807) is 24.3 Å². The molecule has 0 saturated carbocycles. The molecule has 5 nitrogen and oxygen atoms in total. The van der Waals surface area contributed by atoms with Crippen molar-refractivity contribution >= 4 is 11.7 Å². The summed E-state index contributed by atoms with van der Waals surface area (Å²) < 4.78 is 0. The first-order valence-electron chi connectivity index (χ1n) is 5.93. The van der Waals surface area contributed by atoms with Crippen molar-refractivity contribution in [2.45, 2.75) is 12.5 Å². The maximum atomic E-state index is 11.7. The Hall–Kier alpha value is -2.06. The Balaban J connectivity index is 1.85. The third kappa shape index (κ3) is 3.22. The molecule has 1 heterocycles. The lowest BCUT2D eigenvalue weighted by Crippen LogP contribution is -2.39. The molecule has 94 valence electrons. The van der Waals surface area contributed by atoms with Crippen LogP contribution in [0.1, 0.15) is 12.0 Å². The highest BCUT2D eigenvalue weighted by Crippen LogP contribution is 2.10. The number of hydrogen-bond donors (Lipinski definition) is 2. The summed E-state index contributed by atoms with van der Waals surface area (Å²) in [6.07, 6.45) is 0.983. The molecule has 1 atom stereocenters. The quantitative estimate of drug-likeness (QED) is 0.826. The van der Waals surface area contributed by atoms with Crippen LogP contribution in [-0.4, -0.2) is 37.1 Å². The van der Waals surface area contributed by atoms with Gasteiger partial charge < -0.3 is 15.5 Å². The van der Waals surface area contributed by atoms with E-state index in [2.05, 4.69) is 15.5 Å². The van der Waals surface area contributed by atoms with Crippen LogP contribution in [-0.2, 0) is 0 Å². The third-order valence-corrected chi connectivity index (χ3v) is 3.00. The van der Waals surface area contributed by atoms with Crippen LogP contribution in [0.25, 0.3) is 0 Å². The Morgan fingerprint density at radius 3 is 2.72 bits per heavy atom. The fraction of sp³-hybridized carbons (Fsp3) is 0.385. The topological polar surface area (TPSA) is 68.2 Å². The summed E-state index contributed by atoms with van der Waals surface area (Å²) in [6.45, 7) is 1.91. The SMILES string of the molecule is CN1CCC(NC(=O)Nc2ccc(C#N)cc2)C1. The van der Waals surface area contributed by atoms with Crippen molar-refractivity contribution in [1.82, 2.24) is 10.2 Å². The zero-order valence-corrected chi connectivity index (χ0v) is 10.3. The van der Waals surface area contributed by atoms with Gasteiger partial charge in [-0.15, -0.1) is 0 Å². The van der Waals surface area contributed by atoms with Gasteiger partial charge in [0.1, 0.15) is 0 Å². The van der Waals surface area contributed by atoms with Crippen molar-refractivity contribution in [3.8, 4) is 6.07 Å². The molecule has 1 saturated heterocycles. The Morgan fingerprint density at radius 2 is 2.17 bits per heavy atom. The minimum atomic E-state index is -0.194. The molecule has 1 aliphatic heterocycles. The minimum Gasteiger partial charge on any atom is -0.334 e. The van der Waals surface area contributed by atoms with E-state index in [0.717, 1.165) is 19.5 Å². The summed E-state index contributed by atoms with van der Waals surface area (Å²) in [6, 6.07) is 8.86. The van der Waals surface area contributed by atoms with Crippen molar-refractivity contribution in [2.24, 2.45) is 0 Å². The van der Waals surface area contributed by atoms with Gasteiger partial charge in [-0.05, 0) is 44.3 Å². The minimum absolute atomic E-state index is 0.194. The van der Waals surface area contributed by atoms with Crippen LogP contribution in [0, 0.1) is 11.3 Å². The molecule has 1 aromatic carbocycles. The number of nitrogens with zero attached hydrogens (tertiary/aromatic N) is 2. The molecule has 1 aliphatic rings. The van der Waals surface area contributed by atoms with Crippen LogP contribution in [0.5, 0.6) is 0 Å². The Kier molecular flexibility index (Phi) is 3.80. The molecular weight excluding hydrogens is 228 g/mol. The third-order valence-electron chi connectivity index (χ3n) is 3.00. The summed E-state index contributed by atoms with van der Waals surface area (Å²) in [5.41, 5.74) is 1.27. The lowest BCUT2D eigenvalue weighted by Gasteiger charge is -2.13. The van der Waals surface area contributed by atoms with E-state index in [0.29, 0.717) is 11.3 Å². The van der Waals surface area contributed by atoms with Crippen LogP contribution in [0.15, 0.2) is 24.3 Å². The van der Waals surface area contributed by atoms with Crippen LogP contribution in [0.3, 0.4) is 0 Å². The van der Waals surface area contributed by atoms with E-state index in [9.17, 15) is 4.79 Å². The molecular formula is C13H16N4O. The standard InChI is InChI=1S/C13H16N4O/c1-17-7-6-12(9-17)16-13(18)15-11-4-2-10(8-14)3-5-11/h2-5,12H,6-7,9H2,1H3,(H2,15,16,18). The van der Waals surface area contributed by atoms with Gasteiger partial charge in [-0.25, -0.2) is 4.79 Å². The van der Waals surface area contributed by atoms with Crippen LogP contribution < -0.4 is 10.6 Å². The van der Waals surface area contributed by atoms with E-state index in [-0.39, 0.29) is 12.1 Å². The number of carbonyl (C=O) groups is 1. The summed E-state index contributed by atoms with van der Waals surface area (Å²) in [5.74, 6) is 0. The second-order valence-corrected chi connectivity index (χ2v) is 4.54. The molecule has 0 bridgehead atoms. The molecule has 0 radical (unpaired) electrons. The first kappa shape index (κ1) is 12.4. The second kappa shape index (κ2) is 5.52. The molecule has 2 amide bonds. The Labute approximate surface area is 106 Å². The van der Waals surface area contributed by atoms with Gasteiger partial charge in [0.2, 0.25) is 0 Å². The Morgan fingerprint density at radius 1 is 1.44 bits per heavy atom. The maximum Gasteiger partial charge on any atom is 0.319 e. The molecule has 0 aromatic heterocycles. The highest BCUT2D eigenvalue weighted by atomic mass is 16.2. The summed E-state index contributed by atoms with van der Waals surface area (Å²) >= 11 is 0. The number of nitrogens with one attached hydrogen (secondary N) is 2. The van der Waals surface area contributed by atoms with Crippen molar-refractivity contribution in [2.75, 3.05) is 25.5 Å². The molecule has 0 spiro atoms. The van der Waals surface area contributed by atoms with Gasteiger partial charge in [0.15, 0.2) is 0 Å². The number of amides is 2. The molecule has 1 aromatic rings. The van der Waals surface area contributed by atoms with E-state index in [1.165, 1.54) is 0 Å².